The van der Waals surface area contributed by atoms with Crippen molar-refractivity contribution in [1.82, 2.24) is 5.32 Å². The van der Waals surface area contributed by atoms with Crippen molar-refractivity contribution >= 4 is 5.69 Å². The first-order chi connectivity index (χ1) is 10.1. The molecule has 2 aromatic rings. The van der Waals surface area contributed by atoms with Crippen LogP contribution >= 0.6 is 0 Å². The summed E-state index contributed by atoms with van der Waals surface area (Å²) >= 11 is 0. The third-order valence-electron chi connectivity index (χ3n) is 3.36. The van der Waals surface area contributed by atoms with E-state index in [9.17, 15) is 8.78 Å². The Kier molecular flexibility index (Phi) is 5.28. The zero-order valence-corrected chi connectivity index (χ0v) is 12.4. The number of halogens is 2. The summed E-state index contributed by atoms with van der Waals surface area (Å²) in [7, 11) is 1.76. The Morgan fingerprint density at radius 3 is 2.52 bits per heavy atom. The van der Waals surface area contributed by atoms with Crippen LogP contribution < -0.4 is 10.2 Å². The van der Waals surface area contributed by atoms with E-state index in [-0.39, 0.29) is 11.6 Å². The molecule has 0 saturated carbocycles. The highest BCUT2D eigenvalue weighted by Gasteiger charge is 2.10. The van der Waals surface area contributed by atoms with Gasteiger partial charge in [0.2, 0.25) is 0 Å². The lowest BCUT2D eigenvalue weighted by molar-refractivity contribution is 0.599. The normalized spacial score (nSPS) is 10.7. The molecule has 0 radical (unpaired) electrons. The van der Waals surface area contributed by atoms with E-state index in [2.05, 4.69) is 5.32 Å². The van der Waals surface area contributed by atoms with Crippen LogP contribution in [0.15, 0.2) is 42.5 Å². The molecule has 0 fully saturated rings. The van der Waals surface area contributed by atoms with Crippen LogP contribution in [0.4, 0.5) is 14.5 Å². The molecule has 112 valence electrons. The average molecular weight is 290 g/mol. The van der Waals surface area contributed by atoms with Crippen molar-refractivity contribution in [2.75, 3.05) is 18.5 Å². The van der Waals surface area contributed by atoms with Crippen LogP contribution in [0, 0.1) is 11.6 Å². The number of benzene rings is 2. The van der Waals surface area contributed by atoms with Gasteiger partial charge < -0.3 is 10.2 Å². The van der Waals surface area contributed by atoms with Crippen LogP contribution in [0.2, 0.25) is 0 Å². The molecule has 0 aliphatic rings. The highest BCUT2D eigenvalue weighted by Crippen LogP contribution is 2.21. The first-order valence-electron chi connectivity index (χ1n) is 7.05. The molecule has 4 heteroatoms. The number of hydrogen-bond donors (Lipinski definition) is 1. The monoisotopic (exact) mass is 290 g/mol. The molecule has 1 N–H and O–H groups in total. The lowest BCUT2D eigenvalue weighted by Crippen LogP contribution is -2.19. The predicted molar refractivity (Wildman–Crippen MR) is 82.3 cm³/mol. The first kappa shape index (κ1) is 15.4. The molecule has 0 heterocycles. The van der Waals surface area contributed by atoms with Gasteiger partial charge in [-0.25, -0.2) is 8.78 Å². The maximum Gasteiger partial charge on any atom is 0.146 e. The van der Waals surface area contributed by atoms with E-state index in [1.165, 1.54) is 12.1 Å². The average Bonchev–Trinajstić information content (AvgIpc) is 2.48. The van der Waals surface area contributed by atoms with Gasteiger partial charge in [-0.05, 0) is 36.4 Å². The molecule has 2 nitrogen and oxygen atoms in total. The topological polar surface area (TPSA) is 15.3 Å². The standard InChI is InChI=1S/C17H20F2N2/c1-3-20-11-13-8-9-15(18)14(10-13)12-21(2)17-7-5-4-6-16(17)19/h4-10,20H,3,11-12H2,1-2H3. The zero-order chi connectivity index (χ0) is 15.2. The van der Waals surface area contributed by atoms with E-state index >= 15 is 0 Å². The molecule has 2 rings (SSSR count). The van der Waals surface area contributed by atoms with E-state index in [1.54, 1.807) is 36.2 Å². The van der Waals surface area contributed by atoms with Gasteiger partial charge in [0, 0.05) is 25.7 Å². The van der Waals surface area contributed by atoms with Crippen molar-refractivity contribution in [2.45, 2.75) is 20.0 Å². The predicted octanol–water partition coefficient (Wildman–Crippen LogP) is 3.71. The summed E-state index contributed by atoms with van der Waals surface area (Å²) in [6.45, 7) is 3.91. The molecule has 0 atom stereocenters. The molecule has 2 aromatic carbocycles. The summed E-state index contributed by atoms with van der Waals surface area (Å²) in [6, 6.07) is 11.6. The Morgan fingerprint density at radius 2 is 1.81 bits per heavy atom. The Morgan fingerprint density at radius 1 is 1.05 bits per heavy atom. The lowest BCUT2D eigenvalue weighted by atomic mass is 10.1. The van der Waals surface area contributed by atoms with Gasteiger partial charge in [-0.15, -0.1) is 0 Å². The number of hydrogen-bond acceptors (Lipinski definition) is 2. The minimum Gasteiger partial charge on any atom is -0.368 e. The number of nitrogens with zero attached hydrogens (tertiary/aromatic N) is 1. The molecule has 0 aliphatic heterocycles. The fourth-order valence-corrected chi connectivity index (χ4v) is 2.23. The Labute approximate surface area is 124 Å². The van der Waals surface area contributed by atoms with Crippen LogP contribution in [-0.4, -0.2) is 13.6 Å². The van der Waals surface area contributed by atoms with Crippen LogP contribution in [0.1, 0.15) is 18.1 Å². The van der Waals surface area contributed by atoms with E-state index in [0.29, 0.717) is 24.3 Å². The second-order valence-corrected chi connectivity index (χ2v) is 5.01. The highest BCUT2D eigenvalue weighted by atomic mass is 19.1. The molecule has 21 heavy (non-hydrogen) atoms. The van der Waals surface area contributed by atoms with Crippen LogP contribution in [0.3, 0.4) is 0 Å². The smallest absolute Gasteiger partial charge is 0.146 e. The van der Waals surface area contributed by atoms with E-state index < -0.39 is 0 Å². The van der Waals surface area contributed by atoms with Gasteiger partial charge in [-0.1, -0.05) is 25.1 Å². The molecular formula is C17H20F2N2. The molecule has 0 saturated heterocycles. The Balaban J connectivity index is 2.16. The fourth-order valence-electron chi connectivity index (χ4n) is 2.23. The maximum absolute atomic E-state index is 13.9. The van der Waals surface area contributed by atoms with Gasteiger partial charge in [-0.2, -0.15) is 0 Å². The van der Waals surface area contributed by atoms with Gasteiger partial charge in [0.15, 0.2) is 0 Å². The van der Waals surface area contributed by atoms with Crippen molar-refractivity contribution in [3.8, 4) is 0 Å². The van der Waals surface area contributed by atoms with Gasteiger partial charge in [0.1, 0.15) is 11.6 Å². The third-order valence-corrected chi connectivity index (χ3v) is 3.36. The third kappa shape index (κ3) is 4.02. The molecule has 0 amide bonds. The van der Waals surface area contributed by atoms with Gasteiger partial charge >= 0.3 is 0 Å². The Bertz CT molecular complexity index is 599. The van der Waals surface area contributed by atoms with E-state index in [4.69, 9.17) is 0 Å². The summed E-state index contributed by atoms with van der Waals surface area (Å²) in [5.74, 6) is -0.567. The first-order valence-corrected chi connectivity index (χ1v) is 7.05. The van der Waals surface area contributed by atoms with Crippen molar-refractivity contribution < 1.29 is 8.78 Å². The second-order valence-electron chi connectivity index (χ2n) is 5.01. The minimum atomic E-state index is -0.302. The largest absolute Gasteiger partial charge is 0.368 e. The van der Waals surface area contributed by atoms with Crippen molar-refractivity contribution in [3.63, 3.8) is 0 Å². The SMILES string of the molecule is CCNCc1ccc(F)c(CN(C)c2ccccc2F)c1. The second kappa shape index (κ2) is 7.18. The molecule has 0 spiro atoms. The maximum atomic E-state index is 13.9. The quantitative estimate of drug-likeness (QED) is 0.872. The van der Waals surface area contributed by atoms with Crippen LogP contribution in [-0.2, 0) is 13.1 Å². The number of rotatable bonds is 6. The van der Waals surface area contributed by atoms with E-state index in [0.717, 1.165) is 12.1 Å². The molecule has 0 bridgehead atoms. The molecule has 0 aliphatic carbocycles. The van der Waals surface area contributed by atoms with Crippen LogP contribution in [0.25, 0.3) is 0 Å². The van der Waals surface area contributed by atoms with E-state index in [1.807, 2.05) is 13.0 Å². The highest BCUT2D eigenvalue weighted by molar-refractivity contribution is 5.47. The Hall–Kier alpha value is -1.94. The number of para-hydroxylation sites is 1. The molecule has 0 unspecified atom stereocenters. The molecular weight excluding hydrogens is 270 g/mol. The summed E-state index contributed by atoms with van der Waals surface area (Å²) in [5.41, 5.74) is 2.06. The summed E-state index contributed by atoms with van der Waals surface area (Å²) in [6.07, 6.45) is 0. The van der Waals surface area contributed by atoms with Gasteiger partial charge in [0.05, 0.1) is 5.69 Å². The molecule has 0 aromatic heterocycles. The number of anilines is 1. The van der Waals surface area contributed by atoms with Crippen molar-refractivity contribution in [2.24, 2.45) is 0 Å². The zero-order valence-electron chi connectivity index (χ0n) is 12.4. The minimum absolute atomic E-state index is 0.265. The summed E-state index contributed by atoms with van der Waals surface area (Å²) < 4.78 is 27.7. The van der Waals surface area contributed by atoms with Crippen LogP contribution in [0.5, 0.6) is 0 Å². The van der Waals surface area contributed by atoms with Gasteiger partial charge in [0.25, 0.3) is 0 Å². The van der Waals surface area contributed by atoms with Gasteiger partial charge in [-0.3, -0.25) is 0 Å². The number of nitrogens with one attached hydrogen (secondary N) is 1. The fraction of sp³-hybridized carbons (Fsp3) is 0.294. The lowest BCUT2D eigenvalue weighted by Gasteiger charge is -2.20. The van der Waals surface area contributed by atoms with Crippen molar-refractivity contribution in [1.29, 1.82) is 0 Å². The summed E-state index contributed by atoms with van der Waals surface area (Å²) in [4.78, 5) is 1.71. The summed E-state index contributed by atoms with van der Waals surface area (Å²) in [5, 5.41) is 3.21. The van der Waals surface area contributed by atoms with Crippen molar-refractivity contribution in [3.05, 3.63) is 65.2 Å².